The van der Waals surface area contributed by atoms with Gasteiger partial charge < -0.3 is 10.2 Å². The molecular formula is C23H21FN2O2. The van der Waals surface area contributed by atoms with Crippen molar-refractivity contribution < 1.29 is 14.0 Å². The van der Waals surface area contributed by atoms with Gasteiger partial charge in [-0.05, 0) is 67.9 Å². The van der Waals surface area contributed by atoms with Crippen LogP contribution in [0.2, 0.25) is 0 Å². The molecule has 0 heterocycles. The van der Waals surface area contributed by atoms with E-state index in [0.717, 1.165) is 11.3 Å². The molecule has 3 aromatic rings. The van der Waals surface area contributed by atoms with Gasteiger partial charge in [0.25, 0.3) is 11.8 Å². The fourth-order valence-corrected chi connectivity index (χ4v) is 2.92. The van der Waals surface area contributed by atoms with Crippen LogP contribution < -0.4 is 10.2 Å². The lowest BCUT2D eigenvalue weighted by molar-refractivity contribution is 0.0985. The summed E-state index contributed by atoms with van der Waals surface area (Å²) < 4.78 is 13.7. The molecule has 0 aliphatic heterocycles. The van der Waals surface area contributed by atoms with E-state index in [9.17, 15) is 14.0 Å². The van der Waals surface area contributed by atoms with E-state index in [0.29, 0.717) is 17.7 Å². The van der Waals surface area contributed by atoms with E-state index in [1.54, 1.807) is 41.3 Å². The van der Waals surface area contributed by atoms with Gasteiger partial charge >= 0.3 is 0 Å². The van der Waals surface area contributed by atoms with Crippen molar-refractivity contribution in [2.45, 2.75) is 13.8 Å². The SMILES string of the molecule is CCN(C(=O)c1ccc(C(=O)Nc2ccccc2F)cc1)c1cccc(C)c1. The number of nitrogens with zero attached hydrogens (tertiary/aromatic N) is 1. The Bertz CT molecular complexity index is 999. The highest BCUT2D eigenvalue weighted by atomic mass is 19.1. The molecule has 4 nitrogen and oxygen atoms in total. The third-order valence-corrected chi connectivity index (χ3v) is 4.39. The molecule has 2 amide bonds. The minimum atomic E-state index is -0.501. The lowest BCUT2D eigenvalue weighted by Crippen LogP contribution is -2.30. The zero-order valence-electron chi connectivity index (χ0n) is 15.8. The fraction of sp³-hybridized carbons (Fsp3) is 0.130. The van der Waals surface area contributed by atoms with E-state index >= 15 is 0 Å². The Labute approximate surface area is 163 Å². The highest BCUT2D eigenvalue weighted by Crippen LogP contribution is 2.19. The van der Waals surface area contributed by atoms with Crippen molar-refractivity contribution in [1.29, 1.82) is 0 Å². The van der Waals surface area contributed by atoms with Gasteiger partial charge in [0.15, 0.2) is 0 Å². The summed E-state index contributed by atoms with van der Waals surface area (Å²) in [5.74, 6) is -1.08. The summed E-state index contributed by atoms with van der Waals surface area (Å²) >= 11 is 0. The van der Waals surface area contributed by atoms with Crippen molar-refractivity contribution in [1.82, 2.24) is 0 Å². The Morgan fingerprint density at radius 3 is 2.25 bits per heavy atom. The van der Waals surface area contributed by atoms with Crippen LogP contribution in [0.1, 0.15) is 33.2 Å². The third-order valence-electron chi connectivity index (χ3n) is 4.39. The quantitative estimate of drug-likeness (QED) is 0.677. The van der Waals surface area contributed by atoms with Gasteiger partial charge in [0.05, 0.1) is 5.69 Å². The molecule has 0 aliphatic carbocycles. The number of halogens is 1. The van der Waals surface area contributed by atoms with Gasteiger partial charge in [0.1, 0.15) is 5.82 Å². The molecule has 0 fully saturated rings. The average Bonchev–Trinajstić information content (AvgIpc) is 2.70. The van der Waals surface area contributed by atoms with Crippen LogP contribution in [0.3, 0.4) is 0 Å². The zero-order valence-corrected chi connectivity index (χ0v) is 15.8. The molecule has 0 atom stereocenters. The molecule has 3 rings (SSSR count). The van der Waals surface area contributed by atoms with Gasteiger partial charge in [-0.1, -0.05) is 24.3 Å². The molecule has 0 bridgehead atoms. The molecule has 1 N–H and O–H groups in total. The molecule has 0 saturated heterocycles. The van der Waals surface area contributed by atoms with Crippen LogP contribution in [-0.4, -0.2) is 18.4 Å². The molecule has 0 radical (unpaired) electrons. The van der Waals surface area contributed by atoms with Crippen LogP contribution in [0, 0.1) is 12.7 Å². The predicted octanol–water partition coefficient (Wildman–Crippen LogP) is 5.05. The van der Waals surface area contributed by atoms with Gasteiger partial charge in [0.2, 0.25) is 0 Å². The van der Waals surface area contributed by atoms with E-state index in [2.05, 4.69) is 5.32 Å². The normalized spacial score (nSPS) is 10.4. The largest absolute Gasteiger partial charge is 0.319 e. The van der Waals surface area contributed by atoms with Crippen LogP contribution in [0.15, 0.2) is 72.8 Å². The highest BCUT2D eigenvalue weighted by Gasteiger charge is 2.17. The second-order valence-electron chi connectivity index (χ2n) is 6.40. The number of hydrogen-bond donors (Lipinski definition) is 1. The van der Waals surface area contributed by atoms with E-state index < -0.39 is 11.7 Å². The summed E-state index contributed by atoms with van der Waals surface area (Å²) in [5.41, 5.74) is 2.84. The Hall–Kier alpha value is -3.47. The molecular weight excluding hydrogens is 355 g/mol. The summed E-state index contributed by atoms with van der Waals surface area (Å²) in [5, 5.41) is 2.53. The number of para-hydroxylation sites is 1. The van der Waals surface area contributed by atoms with Crippen molar-refractivity contribution in [3.05, 3.63) is 95.3 Å². The Morgan fingerprint density at radius 2 is 1.61 bits per heavy atom. The first-order valence-corrected chi connectivity index (χ1v) is 9.04. The number of nitrogens with one attached hydrogen (secondary N) is 1. The average molecular weight is 376 g/mol. The van der Waals surface area contributed by atoms with E-state index in [1.807, 2.05) is 38.1 Å². The van der Waals surface area contributed by atoms with Crippen molar-refractivity contribution in [3.8, 4) is 0 Å². The molecule has 0 unspecified atom stereocenters. The summed E-state index contributed by atoms with van der Waals surface area (Å²) in [6.45, 7) is 4.42. The molecule has 0 aliphatic rings. The summed E-state index contributed by atoms with van der Waals surface area (Å²) in [6, 6.07) is 20.1. The highest BCUT2D eigenvalue weighted by molar-refractivity contribution is 6.08. The number of amides is 2. The van der Waals surface area contributed by atoms with E-state index in [-0.39, 0.29) is 11.6 Å². The number of aryl methyl sites for hydroxylation is 1. The molecule has 5 heteroatoms. The number of benzene rings is 3. The Morgan fingerprint density at radius 1 is 0.929 bits per heavy atom. The summed E-state index contributed by atoms with van der Waals surface area (Å²) in [4.78, 5) is 26.9. The number of rotatable bonds is 5. The van der Waals surface area contributed by atoms with Gasteiger partial charge in [-0.25, -0.2) is 4.39 Å². The van der Waals surface area contributed by atoms with Crippen molar-refractivity contribution >= 4 is 23.2 Å². The fourth-order valence-electron chi connectivity index (χ4n) is 2.92. The summed E-state index contributed by atoms with van der Waals surface area (Å²) in [7, 11) is 0. The van der Waals surface area contributed by atoms with Gasteiger partial charge in [-0.2, -0.15) is 0 Å². The van der Waals surface area contributed by atoms with Crippen molar-refractivity contribution in [2.24, 2.45) is 0 Å². The molecule has 28 heavy (non-hydrogen) atoms. The number of anilines is 2. The Balaban J connectivity index is 1.76. The molecule has 3 aromatic carbocycles. The Kier molecular flexibility index (Phi) is 5.84. The molecule has 0 aromatic heterocycles. The van der Waals surface area contributed by atoms with E-state index in [4.69, 9.17) is 0 Å². The van der Waals surface area contributed by atoms with Gasteiger partial charge in [-0.3, -0.25) is 9.59 Å². The summed E-state index contributed by atoms with van der Waals surface area (Å²) in [6.07, 6.45) is 0. The van der Waals surface area contributed by atoms with Crippen LogP contribution >= 0.6 is 0 Å². The topological polar surface area (TPSA) is 49.4 Å². The zero-order chi connectivity index (χ0) is 20.1. The molecule has 142 valence electrons. The maximum Gasteiger partial charge on any atom is 0.258 e. The molecule has 0 spiro atoms. The number of hydrogen-bond acceptors (Lipinski definition) is 2. The van der Waals surface area contributed by atoms with Crippen molar-refractivity contribution in [2.75, 3.05) is 16.8 Å². The monoisotopic (exact) mass is 376 g/mol. The van der Waals surface area contributed by atoms with Crippen LogP contribution in [0.25, 0.3) is 0 Å². The molecule has 0 saturated carbocycles. The first kappa shape index (κ1) is 19.3. The first-order valence-electron chi connectivity index (χ1n) is 9.04. The lowest BCUT2D eigenvalue weighted by atomic mass is 10.1. The first-order chi connectivity index (χ1) is 13.5. The number of carbonyl (C=O) groups is 2. The second-order valence-corrected chi connectivity index (χ2v) is 6.40. The third kappa shape index (κ3) is 4.26. The standard InChI is InChI=1S/C23H21FN2O2/c1-3-26(19-8-6-7-16(2)15-19)23(28)18-13-11-17(12-14-18)22(27)25-21-10-5-4-9-20(21)24/h4-15H,3H2,1-2H3,(H,25,27). The maximum atomic E-state index is 13.7. The second kappa shape index (κ2) is 8.48. The number of carbonyl (C=O) groups excluding carboxylic acids is 2. The lowest BCUT2D eigenvalue weighted by Gasteiger charge is -2.21. The smallest absolute Gasteiger partial charge is 0.258 e. The van der Waals surface area contributed by atoms with Crippen molar-refractivity contribution in [3.63, 3.8) is 0 Å². The minimum absolute atomic E-state index is 0.115. The predicted molar refractivity (Wildman–Crippen MR) is 109 cm³/mol. The van der Waals surface area contributed by atoms with E-state index in [1.165, 1.54) is 12.1 Å². The van der Waals surface area contributed by atoms with Crippen LogP contribution in [0.5, 0.6) is 0 Å². The van der Waals surface area contributed by atoms with Gasteiger partial charge in [-0.15, -0.1) is 0 Å². The van der Waals surface area contributed by atoms with Crippen LogP contribution in [-0.2, 0) is 0 Å². The van der Waals surface area contributed by atoms with Gasteiger partial charge in [0, 0.05) is 23.4 Å². The van der Waals surface area contributed by atoms with Crippen LogP contribution in [0.4, 0.5) is 15.8 Å². The maximum absolute atomic E-state index is 13.7. The minimum Gasteiger partial charge on any atom is -0.319 e.